The molecule has 0 bridgehead atoms. The zero-order valence-corrected chi connectivity index (χ0v) is 13.6. The fourth-order valence-electron chi connectivity index (χ4n) is 2.40. The van der Waals surface area contributed by atoms with E-state index >= 15 is 0 Å². The third kappa shape index (κ3) is 3.18. The average Bonchev–Trinajstić information content (AvgIpc) is 2.80. The topological polar surface area (TPSA) is 75.9 Å². The van der Waals surface area contributed by atoms with Gasteiger partial charge in [0, 0.05) is 10.4 Å². The van der Waals surface area contributed by atoms with Gasteiger partial charge >= 0.3 is 0 Å². The minimum Gasteiger partial charge on any atom is -0.493 e. The number of nitrogens with two attached hydrogens (primary N) is 1. The van der Waals surface area contributed by atoms with E-state index in [0.717, 1.165) is 16.5 Å². The van der Waals surface area contributed by atoms with Crippen LogP contribution in [0.1, 0.15) is 5.56 Å². The minimum atomic E-state index is -0.0843. The second-order valence-electron chi connectivity index (χ2n) is 4.94. The highest BCUT2D eigenvalue weighted by Crippen LogP contribution is 2.39. The summed E-state index contributed by atoms with van der Waals surface area (Å²) >= 11 is 10.6. The molecule has 0 saturated heterocycles. The molecule has 0 unspecified atom stereocenters. The standard InChI is InChI=1S/C16H13ClN4OS/c17-11-7-5-10(6-8-11)9-21-13-4-2-1-3-12(13)14(15(21)22)19-20-16(18)23/h1-8,22H,9H2,(H2,18,23). The highest BCUT2D eigenvalue weighted by atomic mass is 35.5. The van der Waals surface area contributed by atoms with Crippen molar-refractivity contribution < 1.29 is 5.11 Å². The molecular formula is C16H13ClN4OS. The second kappa shape index (κ2) is 6.36. The van der Waals surface area contributed by atoms with Gasteiger partial charge in [-0.15, -0.1) is 10.2 Å². The Balaban J connectivity index is 2.11. The quantitative estimate of drug-likeness (QED) is 0.547. The first kappa shape index (κ1) is 15.5. The van der Waals surface area contributed by atoms with Crippen molar-refractivity contribution in [3.63, 3.8) is 0 Å². The van der Waals surface area contributed by atoms with E-state index in [9.17, 15) is 5.11 Å². The van der Waals surface area contributed by atoms with Gasteiger partial charge in [-0.05, 0) is 36.0 Å². The van der Waals surface area contributed by atoms with Crippen molar-refractivity contribution in [1.29, 1.82) is 0 Å². The Morgan fingerprint density at radius 1 is 1.17 bits per heavy atom. The van der Waals surface area contributed by atoms with E-state index in [2.05, 4.69) is 10.2 Å². The lowest BCUT2D eigenvalue weighted by Crippen LogP contribution is -2.01. The van der Waals surface area contributed by atoms with Crippen LogP contribution in [-0.2, 0) is 6.54 Å². The molecule has 0 amide bonds. The van der Waals surface area contributed by atoms with E-state index in [4.69, 9.17) is 29.6 Å². The molecule has 2 aromatic carbocycles. The summed E-state index contributed by atoms with van der Waals surface area (Å²) in [5, 5.41) is 19.6. The smallest absolute Gasteiger partial charge is 0.221 e. The molecule has 3 rings (SSSR count). The predicted molar refractivity (Wildman–Crippen MR) is 95.5 cm³/mol. The highest BCUT2D eigenvalue weighted by Gasteiger charge is 2.16. The van der Waals surface area contributed by atoms with Gasteiger partial charge in [-0.2, -0.15) is 0 Å². The number of benzene rings is 2. The molecule has 23 heavy (non-hydrogen) atoms. The van der Waals surface area contributed by atoms with Crippen LogP contribution in [0.3, 0.4) is 0 Å². The highest BCUT2D eigenvalue weighted by molar-refractivity contribution is 7.80. The molecule has 3 N–H and O–H groups in total. The number of halogens is 1. The number of nitrogens with zero attached hydrogens (tertiary/aromatic N) is 3. The maximum Gasteiger partial charge on any atom is 0.221 e. The normalized spacial score (nSPS) is 11.3. The van der Waals surface area contributed by atoms with Crippen molar-refractivity contribution in [3.05, 3.63) is 59.1 Å². The molecule has 0 fully saturated rings. The molecule has 0 atom stereocenters. The first-order valence-corrected chi connectivity index (χ1v) is 7.60. The van der Waals surface area contributed by atoms with Crippen LogP contribution in [0, 0.1) is 0 Å². The summed E-state index contributed by atoms with van der Waals surface area (Å²) in [6, 6.07) is 15.0. The number of thiocarbonyl (C=S) groups is 1. The number of para-hydroxylation sites is 1. The van der Waals surface area contributed by atoms with Gasteiger partial charge in [0.2, 0.25) is 11.0 Å². The number of fused-ring (bicyclic) bond motifs is 1. The zero-order valence-electron chi connectivity index (χ0n) is 12.0. The van der Waals surface area contributed by atoms with Crippen LogP contribution < -0.4 is 5.73 Å². The number of rotatable bonds is 3. The van der Waals surface area contributed by atoms with E-state index in [1.807, 2.05) is 48.5 Å². The molecule has 5 nitrogen and oxygen atoms in total. The van der Waals surface area contributed by atoms with Gasteiger partial charge < -0.3 is 15.4 Å². The van der Waals surface area contributed by atoms with Crippen molar-refractivity contribution in [2.75, 3.05) is 0 Å². The Bertz CT molecular complexity index is 902. The molecule has 1 heterocycles. The van der Waals surface area contributed by atoms with Crippen LogP contribution in [0.15, 0.2) is 58.8 Å². The van der Waals surface area contributed by atoms with Crippen LogP contribution in [0.4, 0.5) is 5.69 Å². The van der Waals surface area contributed by atoms with Crippen molar-refractivity contribution in [2.45, 2.75) is 6.54 Å². The van der Waals surface area contributed by atoms with E-state index in [-0.39, 0.29) is 11.0 Å². The predicted octanol–water partition coefficient (Wildman–Crippen LogP) is 4.38. The molecular weight excluding hydrogens is 332 g/mol. The van der Waals surface area contributed by atoms with E-state index in [0.29, 0.717) is 17.3 Å². The Morgan fingerprint density at radius 3 is 2.57 bits per heavy atom. The lowest BCUT2D eigenvalue weighted by atomic mass is 10.2. The van der Waals surface area contributed by atoms with Crippen LogP contribution in [0.2, 0.25) is 5.02 Å². The summed E-state index contributed by atoms with van der Waals surface area (Å²) in [6.07, 6.45) is 0. The third-order valence-electron chi connectivity index (χ3n) is 3.42. The number of aromatic hydroxyl groups is 1. The van der Waals surface area contributed by atoms with Crippen molar-refractivity contribution in [1.82, 2.24) is 4.57 Å². The zero-order chi connectivity index (χ0) is 16.4. The Kier molecular flexibility index (Phi) is 4.27. The number of hydrogen-bond acceptors (Lipinski definition) is 3. The molecule has 7 heteroatoms. The number of aromatic nitrogens is 1. The van der Waals surface area contributed by atoms with Gasteiger partial charge in [0.15, 0.2) is 5.69 Å². The summed E-state index contributed by atoms with van der Waals surface area (Å²) in [4.78, 5) is 0. The van der Waals surface area contributed by atoms with Gasteiger partial charge in [-0.25, -0.2) is 0 Å². The third-order valence-corrected chi connectivity index (χ3v) is 3.75. The molecule has 0 saturated carbocycles. The van der Waals surface area contributed by atoms with E-state index < -0.39 is 0 Å². The fraction of sp³-hybridized carbons (Fsp3) is 0.0625. The first-order chi connectivity index (χ1) is 11.1. The van der Waals surface area contributed by atoms with Gasteiger partial charge in [0.1, 0.15) is 0 Å². The van der Waals surface area contributed by atoms with Crippen LogP contribution in [0.5, 0.6) is 5.88 Å². The van der Waals surface area contributed by atoms with Gasteiger partial charge in [0.25, 0.3) is 0 Å². The summed E-state index contributed by atoms with van der Waals surface area (Å²) in [7, 11) is 0. The molecule has 0 aliphatic heterocycles. The summed E-state index contributed by atoms with van der Waals surface area (Å²) in [6.45, 7) is 0.478. The monoisotopic (exact) mass is 344 g/mol. The van der Waals surface area contributed by atoms with Crippen LogP contribution in [0.25, 0.3) is 10.9 Å². The summed E-state index contributed by atoms with van der Waals surface area (Å²) in [5.41, 5.74) is 7.55. The lowest BCUT2D eigenvalue weighted by Gasteiger charge is -2.07. The van der Waals surface area contributed by atoms with Gasteiger partial charge in [-0.3, -0.25) is 0 Å². The second-order valence-corrected chi connectivity index (χ2v) is 5.79. The van der Waals surface area contributed by atoms with Crippen LogP contribution >= 0.6 is 23.8 Å². The molecule has 1 aromatic heterocycles. The van der Waals surface area contributed by atoms with Gasteiger partial charge in [-0.1, -0.05) is 41.9 Å². The lowest BCUT2D eigenvalue weighted by molar-refractivity contribution is 0.429. The SMILES string of the molecule is NC(=S)N=Nc1c(O)n(Cc2ccc(Cl)cc2)c2ccccc12. The number of azo groups is 1. The first-order valence-electron chi connectivity index (χ1n) is 6.82. The maximum atomic E-state index is 10.5. The van der Waals surface area contributed by atoms with E-state index in [1.165, 1.54) is 0 Å². The molecule has 116 valence electrons. The molecule has 0 aliphatic rings. The largest absolute Gasteiger partial charge is 0.493 e. The Labute approximate surface area is 143 Å². The fourth-order valence-corrected chi connectivity index (χ4v) is 2.57. The Morgan fingerprint density at radius 2 is 1.87 bits per heavy atom. The van der Waals surface area contributed by atoms with Crippen molar-refractivity contribution >= 4 is 45.5 Å². The maximum absolute atomic E-state index is 10.5. The van der Waals surface area contributed by atoms with Crippen LogP contribution in [-0.4, -0.2) is 14.8 Å². The average molecular weight is 345 g/mol. The number of hydrogen-bond donors (Lipinski definition) is 2. The molecule has 0 aliphatic carbocycles. The van der Waals surface area contributed by atoms with Gasteiger partial charge in [0.05, 0.1) is 12.1 Å². The molecule has 0 spiro atoms. The van der Waals surface area contributed by atoms with Crippen molar-refractivity contribution in [2.24, 2.45) is 16.0 Å². The summed E-state index contributed by atoms with van der Waals surface area (Å²) < 4.78 is 1.76. The summed E-state index contributed by atoms with van der Waals surface area (Å²) in [5.74, 6) is 0.0150. The Hall–Kier alpha value is -2.44. The van der Waals surface area contributed by atoms with E-state index in [1.54, 1.807) is 4.57 Å². The molecule has 3 aromatic rings. The molecule has 0 radical (unpaired) electrons. The minimum absolute atomic E-state index is 0.0150. The van der Waals surface area contributed by atoms with Crippen molar-refractivity contribution in [3.8, 4) is 5.88 Å².